The van der Waals surface area contributed by atoms with E-state index in [0.29, 0.717) is 6.42 Å². The zero-order chi connectivity index (χ0) is 13.8. The molecule has 106 valence electrons. The Morgan fingerprint density at radius 2 is 2.32 bits per heavy atom. The highest BCUT2D eigenvalue weighted by Gasteiger charge is 2.22. The van der Waals surface area contributed by atoms with Crippen molar-refractivity contribution in [3.63, 3.8) is 0 Å². The van der Waals surface area contributed by atoms with E-state index in [-0.39, 0.29) is 18.0 Å². The third kappa shape index (κ3) is 4.06. The first-order valence-corrected chi connectivity index (χ1v) is 7.10. The van der Waals surface area contributed by atoms with E-state index in [4.69, 9.17) is 5.73 Å². The number of nitrogens with one attached hydrogen (secondary N) is 1. The van der Waals surface area contributed by atoms with Crippen molar-refractivity contribution < 1.29 is 4.79 Å². The molecule has 0 bridgehead atoms. The van der Waals surface area contributed by atoms with Gasteiger partial charge in [-0.2, -0.15) is 5.10 Å². The van der Waals surface area contributed by atoms with Crippen LogP contribution in [0, 0.1) is 13.8 Å². The Kier molecular flexibility index (Phi) is 4.58. The summed E-state index contributed by atoms with van der Waals surface area (Å²) in [5, 5.41) is 7.46. The number of hydrogen-bond donors (Lipinski definition) is 2. The quantitative estimate of drug-likeness (QED) is 0.841. The molecule has 3 N–H and O–H groups in total. The number of nitrogens with two attached hydrogens (primary N) is 1. The summed E-state index contributed by atoms with van der Waals surface area (Å²) >= 11 is 0. The van der Waals surface area contributed by atoms with Crippen molar-refractivity contribution in [2.75, 3.05) is 0 Å². The first-order chi connectivity index (χ1) is 9.04. The fraction of sp³-hybridized carbons (Fsp3) is 0.714. The first-order valence-electron chi connectivity index (χ1n) is 7.10. The summed E-state index contributed by atoms with van der Waals surface area (Å²) in [5.41, 5.74) is 8.02. The minimum Gasteiger partial charge on any atom is -0.353 e. The van der Waals surface area contributed by atoms with Crippen LogP contribution >= 0.6 is 0 Å². The highest BCUT2D eigenvalue weighted by Crippen LogP contribution is 2.17. The molecular formula is C14H24N4O. The molecule has 1 aliphatic carbocycles. The maximum absolute atomic E-state index is 11.8. The number of hydrogen-bond acceptors (Lipinski definition) is 3. The molecule has 1 aromatic rings. The number of carbonyl (C=O) groups excluding carboxylic acids is 1. The van der Waals surface area contributed by atoms with Crippen molar-refractivity contribution in [3.8, 4) is 0 Å². The van der Waals surface area contributed by atoms with Crippen molar-refractivity contribution in [3.05, 3.63) is 17.5 Å². The maximum Gasteiger partial charge on any atom is 0.220 e. The van der Waals surface area contributed by atoms with Gasteiger partial charge in [0.1, 0.15) is 0 Å². The summed E-state index contributed by atoms with van der Waals surface area (Å²) in [6.45, 7) is 4.83. The number of amides is 1. The van der Waals surface area contributed by atoms with Crippen molar-refractivity contribution in [1.29, 1.82) is 0 Å². The van der Waals surface area contributed by atoms with Gasteiger partial charge in [-0.3, -0.25) is 9.48 Å². The molecule has 1 amide bonds. The van der Waals surface area contributed by atoms with Crippen LogP contribution in [0.25, 0.3) is 0 Å². The van der Waals surface area contributed by atoms with Gasteiger partial charge in [0, 0.05) is 30.7 Å². The fourth-order valence-corrected chi connectivity index (χ4v) is 2.74. The van der Waals surface area contributed by atoms with Crippen molar-refractivity contribution in [2.24, 2.45) is 5.73 Å². The van der Waals surface area contributed by atoms with Gasteiger partial charge in [-0.05, 0) is 45.6 Å². The fourth-order valence-electron chi connectivity index (χ4n) is 2.74. The van der Waals surface area contributed by atoms with E-state index in [1.807, 2.05) is 18.5 Å². The maximum atomic E-state index is 11.8. The standard InChI is InChI=1S/C14H24N4O/c1-10-8-11(2)18(17-10)7-3-4-14(19)16-13-6-5-12(15)9-13/h8,12-13H,3-7,9,15H2,1-2H3,(H,16,19)/t12-,13-/m1/s1. The zero-order valence-corrected chi connectivity index (χ0v) is 11.9. The minimum atomic E-state index is 0.139. The molecule has 5 nitrogen and oxygen atoms in total. The topological polar surface area (TPSA) is 72.9 Å². The van der Waals surface area contributed by atoms with Gasteiger partial charge < -0.3 is 11.1 Å². The summed E-state index contributed by atoms with van der Waals surface area (Å²) in [4.78, 5) is 11.8. The van der Waals surface area contributed by atoms with Crippen molar-refractivity contribution in [1.82, 2.24) is 15.1 Å². The van der Waals surface area contributed by atoms with E-state index in [1.54, 1.807) is 0 Å². The van der Waals surface area contributed by atoms with E-state index in [2.05, 4.69) is 16.5 Å². The smallest absolute Gasteiger partial charge is 0.220 e. The molecule has 5 heteroatoms. The number of aryl methyl sites for hydroxylation is 3. The molecular weight excluding hydrogens is 240 g/mol. The van der Waals surface area contributed by atoms with Crippen LogP contribution in [-0.4, -0.2) is 27.8 Å². The average Bonchev–Trinajstić information content (AvgIpc) is 2.86. The van der Waals surface area contributed by atoms with Gasteiger partial charge in [-0.15, -0.1) is 0 Å². The molecule has 0 aliphatic heterocycles. The lowest BCUT2D eigenvalue weighted by Gasteiger charge is -2.12. The molecule has 2 atom stereocenters. The average molecular weight is 264 g/mol. The zero-order valence-electron chi connectivity index (χ0n) is 11.9. The SMILES string of the molecule is Cc1cc(C)n(CCCC(=O)N[C@@H]2CC[C@@H](N)C2)n1. The van der Waals surface area contributed by atoms with Gasteiger partial charge in [0.15, 0.2) is 0 Å². The summed E-state index contributed by atoms with van der Waals surface area (Å²) < 4.78 is 1.97. The Bertz CT molecular complexity index is 441. The molecule has 1 aromatic heterocycles. The van der Waals surface area contributed by atoms with Gasteiger partial charge in [0.05, 0.1) is 5.69 Å². The van der Waals surface area contributed by atoms with Crippen LogP contribution in [0.1, 0.15) is 43.5 Å². The highest BCUT2D eigenvalue weighted by atomic mass is 16.1. The highest BCUT2D eigenvalue weighted by molar-refractivity contribution is 5.76. The van der Waals surface area contributed by atoms with Crippen molar-refractivity contribution in [2.45, 2.75) is 64.6 Å². The van der Waals surface area contributed by atoms with Crippen LogP contribution in [0.3, 0.4) is 0 Å². The summed E-state index contributed by atoms with van der Waals surface area (Å²) in [6, 6.07) is 2.61. The number of carbonyl (C=O) groups is 1. The monoisotopic (exact) mass is 264 g/mol. The first kappa shape index (κ1) is 14.1. The summed E-state index contributed by atoms with van der Waals surface area (Å²) in [6.07, 6.45) is 4.35. The lowest BCUT2D eigenvalue weighted by molar-refractivity contribution is -0.121. The van der Waals surface area contributed by atoms with Gasteiger partial charge in [-0.25, -0.2) is 0 Å². The molecule has 0 aromatic carbocycles. The predicted molar refractivity (Wildman–Crippen MR) is 74.7 cm³/mol. The third-order valence-corrected chi connectivity index (χ3v) is 3.72. The van der Waals surface area contributed by atoms with Crippen LogP contribution in [-0.2, 0) is 11.3 Å². The molecule has 1 aliphatic rings. The Morgan fingerprint density at radius 1 is 1.53 bits per heavy atom. The number of nitrogens with zero attached hydrogens (tertiary/aromatic N) is 2. The van der Waals surface area contributed by atoms with Crippen molar-refractivity contribution >= 4 is 5.91 Å². The molecule has 19 heavy (non-hydrogen) atoms. The second-order valence-electron chi connectivity index (χ2n) is 5.59. The molecule has 2 rings (SSSR count). The lowest BCUT2D eigenvalue weighted by atomic mass is 10.2. The van der Waals surface area contributed by atoms with E-state index in [9.17, 15) is 4.79 Å². The molecule has 1 fully saturated rings. The predicted octanol–water partition coefficient (Wildman–Crippen LogP) is 1.28. The minimum absolute atomic E-state index is 0.139. The van der Waals surface area contributed by atoms with Crippen LogP contribution in [0.5, 0.6) is 0 Å². The molecule has 0 unspecified atom stereocenters. The van der Waals surface area contributed by atoms with E-state index in [1.165, 1.54) is 0 Å². The van der Waals surface area contributed by atoms with Crippen LogP contribution in [0.15, 0.2) is 6.07 Å². The van der Waals surface area contributed by atoms with Gasteiger partial charge in [-0.1, -0.05) is 0 Å². The lowest BCUT2D eigenvalue weighted by Crippen LogP contribution is -2.34. The van der Waals surface area contributed by atoms with Crippen LogP contribution < -0.4 is 11.1 Å². The summed E-state index contributed by atoms with van der Waals surface area (Å²) in [7, 11) is 0. The largest absolute Gasteiger partial charge is 0.353 e. The van der Waals surface area contributed by atoms with E-state index in [0.717, 1.165) is 43.6 Å². The van der Waals surface area contributed by atoms with Gasteiger partial charge >= 0.3 is 0 Å². The Balaban J connectivity index is 1.68. The number of aromatic nitrogens is 2. The Labute approximate surface area is 114 Å². The normalized spacial score (nSPS) is 22.7. The van der Waals surface area contributed by atoms with Gasteiger partial charge in [0.25, 0.3) is 0 Å². The van der Waals surface area contributed by atoms with Gasteiger partial charge in [0.2, 0.25) is 5.91 Å². The molecule has 1 heterocycles. The Morgan fingerprint density at radius 3 is 2.89 bits per heavy atom. The summed E-state index contributed by atoms with van der Waals surface area (Å²) in [5.74, 6) is 0.139. The Hall–Kier alpha value is -1.36. The molecule has 0 spiro atoms. The third-order valence-electron chi connectivity index (χ3n) is 3.72. The molecule has 1 saturated carbocycles. The van der Waals surface area contributed by atoms with Crippen LogP contribution in [0.4, 0.5) is 0 Å². The number of rotatable bonds is 5. The van der Waals surface area contributed by atoms with Crippen LogP contribution in [0.2, 0.25) is 0 Å². The van der Waals surface area contributed by atoms with E-state index >= 15 is 0 Å². The van der Waals surface area contributed by atoms with E-state index < -0.39 is 0 Å². The second kappa shape index (κ2) is 6.19. The molecule has 0 radical (unpaired) electrons. The molecule has 0 saturated heterocycles. The second-order valence-corrected chi connectivity index (χ2v) is 5.59.